The molecule has 0 fully saturated rings. The second kappa shape index (κ2) is 10.2. The molecule has 2 N–H and O–H groups in total. The van der Waals surface area contributed by atoms with Crippen LogP contribution in [0.4, 0.5) is 0 Å². The molecule has 0 aliphatic rings. The maximum Gasteiger partial charge on any atom is 0.191 e. The second-order valence-corrected chi connectivity index (χ2v) is 5.38. The lowest BCUT2D eigenvalue weighted by Gasteiger charge is -2.12. The standard InChI is InChI=1S/C17H29N3O/c1-5-18-17(19-10-7-11-21-14(2)3)20-13-16-9-6-8-15(4)12-16/h6,8-9,12,14H,5,7,10-11,13H2,1-4H3,(H2,18,19,20). The molecule has 1 aromatic rings. The number of aryl methyl sites for hydroxylation is 1. The van der Waals surface area contributed by atoms with Gasteiger partial charge < -0.3 is 15.4 Å². The van der Waals surface area contributed by atoms with E-state index in [1.54, 1.807) is 0 Å². The van der Waals surface area contributed by atoms with Gasteiger partial charge in [0, 0.05) is 19.7 Å². The molecule has 4 nitrogen and oxygen atoms in total. The first-order chi connectivity index (χ1) is 10.1. The van der Waals surface area contributed by atoms with E-state index < -0.39 is 0 Å². The number of hydrogen-bond acceptors (Lipinski definition) is 2. The fourth-order valence-electron chi connectivity index (χ4n) is 1.92. The summed E-state index contributed by atoms with van der Waals surface area (Å²) in [6.07, 6.45) is 1.28. The highest BCUT2D eigenvalue weighted by atomic mass is 16.5. The van der Waals surface area contributed by atoms with Gasteiger partial charge in [-0.1, -0.05) is 29.8 Å². The number of guanidine groups is 1. The molecule has 118 valence electrons. The van der Waals surface area contributed by atoms with E-state index in [1.807, 2.05) is 0 Å². The molecule has 1 aromatic carbocycles. The van der Waals surface area contributed by atoms with Crippen molar-refractivity contribution in [2.45, 2.75) is 46.8 Å². The monoisotopic (exact) mass is 291 g/mol. The summed E-state index contributed by atoms with van der Waals surface area (Å²) in [5, 5.41) is 6.60. The Morgan fingerprint density at radius 2 is 2.10 bits per heavy atom. The van der Waals surface area contributed by atoms with Crippen LogP contribution in [0.25, 0.3) is 0 Å². The van der Waals surface area contributed by atoms with Crippen molar-refractivity contribution >= 4 is 5.96 Å². The van der Waals surface area contributed by atoms with Crippen molar-refractivity contribution in [3.05, 3.63) is 35.4 Å². The Balaban J connectivity index is 2.39. The van der Waals surface area contributed by atoms with Crippen LogP contribution in [0.5, 0.6) is 0 Å². The zero-order valence-corrected chi connectivity index (χ0v) is 13.8. The fourth-order valence-corrected chi connectivity index (χ4v) is 1.92. The van der Waals surface area contributed by atoms with Crippen molar-refractivity contribution in [3.8, 4) is 0 Å². The molecule has 21 heavy (non-hydrogen) atoms. The van der Waals surface area contributed by atoms with Crippen LogP contribution in [0.3, 0.4) is 0 Å². The Hall–Kier alpha value is -1.55. The van der Waals surface area contributed by atoms with E-state index in [-0.39, 0.29) is 0 Å². The molecule has 0 aromatic heterocycles. The molecule has 0 amide bonds. The van der Waals surface area contributed by atoms with Crippen LogP contribution in [0.15, 0.2) is 29.3 Å². The van der Waals surface area contributed by atoms with Gasteiger partial charge in [0.25, 0.3) is 0 Å². The van der Waals surface area contributed by atoms with Crippen LogP contribution in [-0.4, -0.2) is 31.8 Å². The van der Waals surface area contributed by atoms with Crippen LogP contribution in [0, 0.1) is 6.92 Å². The summed E-state index contributed by atoms with van der Waals surface area (Å²) < 4.78 is 5.53. The summed E-state index contributed by atoms with van der Waals surface area (Å²) in [4.78, 5) is 4.61. The molecular weight excluding hydrogens is 262 g/mol. The van der Waals surface area contributed by atoms with Crippen molar-refractivity contribution in [1.82, 2.24) is 10.6 Å². The molecule has 0 aliphatic heterocycles. The molecular formula is C17H29N3O. The van der Waals surface area contributed by atoms with Gasteiger partial charge in [-0.2, -0.15) is 0 Å². The maximum absolute atomic E-state index is 5.53. The van der Waals surface area contributed by atoms with Crippen LogP contribution in [0.1, 0.15) is 38.3 Å². The maximum atomic E-state index is 5.53. The first-order valence-corrected chi connectivity index (χ1v) is 7.81. The van der Waals surface area contributed by atoms with E-state index in [0.29, 0.717) is 12.6 Å². The molecule has 0 unspecified atom stereocenters. The molecule has 0 atom stereocenters. The summed E-state index contributed by atoms with van der Waals surface area (Å²) in [6, 6.07) is 8.45. The minimum atomic E-state index is 0.299. The van der Waals surface area contributed by atoms with E-state index in [9.17, 15) is 0 Å². The van der Waals surface area contributed by atoms with Crippen molar-refractivity contribution in [3.63, 3.8) is 0 Å². The molecule has 1 rings (SSSR count). The smallest absolute Gasteiger partial charge is 0.191 e. The van der Waals surface area contributed by atoms with Gasteiger partial charge in [0.2, 0.25) is 0 Å². The van der Waals surface area contributed by atoms with E-state index >= 15 is 0 Å². The van der Waals surface area contributed by atoms with Crippen molar-refractivity contribution in [1.29, 1.82) is 0 Å². The fraction of sp³-hybridized carbons (Fsp3) is 0.588. The Kier molecular flexibility index (Phi) is 8.51. The van der Waals surface area contributed by atoms with Crippen molar-refractivity contribution in [2.75, 3.05) is 19.7 Å². The molecule has 0 aliphatic carbocycles. The van der Waals surface area contributed by atoms with Crippen LogP contribution < -0.4 is 10.6 Å². The third kappa shape index (κ3) is 8.35. The summed E-state index contributed by atoms with van der Waals surface area (Å²) >= 11 is 0. The van der Waals surface area contributed by atoms with Gasteiger partial charge >= 0.3 is 0 Å². The summed E-state index contributed by atoms with van der Waals surface area (Å²) in [7, 11) is 0. The van der Waals surface area contributed by atoms with Gasteiger partial charge in [0.05, 0.1) is 12.6 Å². The minimum absolute atomic E-state index is 0.299. The number of nitrogens with zero attached hydrogens (tertiary/aromatic N) is 1. The molecule has 0 saturated heterocycles. The average molecular weight is 291 g/mol. The quantitative estimate of drug-likeness (QED) is 0.440. The van der Waals surface area contributed by atoms with Crippen LogP contribution >= 0.6 is 0 Å². The summed E-state index contributed by atoms with van der Waals surface area (Å²) in [5.41, 5.74) is 2.50. The first-order valence-electron chi connectivity index (χ1n) is 7.81. The largest absolute Gasteiger partial charge is 0.379 e. The normalized spacial score (nSPS) is 11.8. The van der Waals surface area contributed by atoms with E-state index in [2.05, 4.69) is 67.6 Å². The SMILES string of the molecule is CCNC(=NCc1cccc(C)c1)NCCCOC(C)C. The number of benzene rings is 1. The number of ether oxygens (including phenoxy) is 1. The van der Waals surface area contributed by atoms with Gasteiger partial charge in [-0.25, -0.2) is 4.99 Å². The lowest BCUT2D eigenvalue weighted by molar-refractivity contribution is 0.0776. The predicted octanol–water partition coefficient (Wildman–Crippen LogP) is 2.87. The highest BCUT2D eigenvalue weighted by Gasteiger charge is 1.98. The molecule has 0 saturated carbocycles. The Morgan fingerprint density at radius 1 is 1.29 bits per heavy atom. The van der Waals surface area contributed by atoms with Crippen molar-refractivity contribution < 1.29 is 4.74 Å². The number of hydrogen-bond donors (Lipinski definition) is 2. The zero-order chi connectivity index (χ0) is 15.5. The van der Waals surface area contributed by atoms with E-state index in [0.717, 1.165) is 32.1 Å². The van der Waals surface area contributed by atoms with Crippen LogP contribution in [-0.2, 0) is 11.3 Å². The van der Waals surface area contributed by atoms with Gasteiger partial charge in [0.1, 0.15) is 0 Å². The second-order valence-electron chi connectivity index (χ2n) is 5.38. The van der Waals surface area contributed by atoms with E-state index in [4.69, 9.17) is 4.74 Å². The zero-order valence-electron chi connectivity index (χ0n) is 13.8. The average Bonchev–Trinajstić information content (AvgIpc) is 2.44. The van der Waals surface area contributed by atoms with Crippen LogP contribution in [0.2, 0.25) is 0 Å². The van der Waals surface area contributed by atoms with Crippen molar-refractivity contribution in [2.24, 2.45) is 4.99 Å². The number of aliphatic imine (C=N–C) groups is 1. The summed E-state index contributed by atoms with van der Waals surface area (Å²) in [5.74, 6) is 0.864. The molecule has 0 spiro atoms. The lowest BCUT2D eigenvalue weighted by atomic mass is 10.1. The Bertz CT molecular complexity index is 430. The molecule has 0 bridgehead atoms. The molecule has 0 radical (unpaired) electrons. The Morgan fingerprint density at radius 3 is 2.76 bits per heavy atom. The van der Waals surface area contributed by atoms with Gasteiger partial charge in [-0.3, -0.25) is 0 Å². The molecule has 0 heterocycles. The highest BCUT2D eigenvalue weighted by Crippen LogP contribution is 2.04. The topological polar surface area (TPSA) is 45.7 Å². The number of nitrogens with one attached hydrogen (secondary N) is 2. The Labute approximate surface area is 129 Å². The third-order valence-corrected chi connectivity index (χ3v) is 2.91. The number of rotatable bonds is 8. The molecule has 4 heteroatoms. The predicted molar refractivity (Wildman–Crippen MR) is 89.7 cm³/mol. The van der Waals surface area contributed by atoms with Gasteiger partial charge in [0.15, 0.2) is 5.96 Å². The highest BCUT2D eigenvalue weighted by molar-refractivity contribution is 5.79. The van der Waals surface area contributed by atoms with E-state index in [1.165, 1.54) is 11.1 Å². The third-order valence-electron chi connectivity index (χ3n) is 2.91. The van der Waals surface area contributed by atoms with Gasteiger partial charge in [-0.05, 0) is 39.7 Å². The first kappa shape index (κ1) is 17.5. The summed E-state index contributed by atoms with van der Waals surface area (Å²) in [6.45, 7) is 11.5. The minimum Gasteiger partial charge on any atom is -0.379 e. The van der Waals surface area contributed by atoms with Gasteiger partial charge in [-0.15, -0.1) is 0 Å². The lowest BCUT2D eigenvalue weighted by Crippen LogP contribution is -2.38.